The Bertz CT molecular complexity index is 1390. The molecule has 0 radical (unpaired) electrons. The number of aromatic nitrogens is 1. The van der Waals surface area contributed by atoms with Gasteiger partial charge in [0.05, 0.1) is 29.0 Å². The monoisotopic (exact) mass is 567 g/mol. The molecule has 7 nitrogen and oxygen atoms in total. The number of anilines is 1. The zero-order valence-corrected chi connectivity index (χ0v) is 22.4. The molecule has 1 heterocycles. The van der Waals surface area contributed by atoms with Gasteiger partial charge in [0.1, 0.15) is 11.5 Å². The SMILES string of the molecule is CCS(=O)(=O)c1ccc(C(CO)NC(=O)c2ccc(N(Cc3ccc(C(F)(F)F)nc3)C(C)C)c(F)c2)cc1. The van der Waals surface area contributed by atoms with Crippen LogP contribution in [0.5, 0.6) is 0 Å². The van der Waals surface area contributed by atoms with E-state index in [1.54, 1.807) is 18.7 Å². The van der Waals surface area contributed by atoms with Crippen molar-refractivity contribution in [2.75, 3.05) is 17.3 Å². The van der Waals surface area contributed by atoms with E-state index in [1.165, 1.54) is 49.4 Å². The van der Waals surface area contributed by atoms with Crippen LogP contribution in [0, 0.1) is 5.82 Å². The van der Waals surface area contributed by atoms with E-state index >= 15 is 4.39 Å². The molecule has 0 saturated heterocycles. The summed E-state index contributed by atoms with van der Waals surface area (Å²) in [6.45, 7) is 4.72. The van der Waals surface area contributed by atoms with Gasteiger partial charge >= 0.3 is 6.18 Å². The summed E-state index contributed by atoms with van der Waals surface area (Å²) >= 11 is 0. The smallest absolute Gasteiger partial charge is 0.394 e. The summed E-state index contributed by atoms with van der Waals surface area (Å²) in [5.41, 5.74) is 0.0234. The molecule has 0 fully saturated rings. The first-order valence-electron chi connectivity index (χ1n) is 12.1. The largest absolute Gasteiger partial charge is 0.433 e. The van der Waals surface area contributed by atoms with Gasteiger partial charge in [-0.2, -0.15) is 13.2 Å². The van der Waals surface area contributed by atoms with Gasteiger partial charge in [-0.15, -0.1) is 0 Å². The first-order valence-corrected chi connectivity index (χ1v) is 13.7. The van der Waals surface area contributed by atoms with Crippen molar-refractivity contribution in [2.45, 2.75) is 50.5 Å². The molecule has 210 valence electrons. The minimum atomic E-state index is -4.56. The molecule has 0 bridgehead atoms. The lowest BCUT2D eigenvalue weighted by atomic mass is 10.1. The summed E-state index contributed by atoms with van der Waals surface area (Å²) in [5, 5.41) is 12.4. The number of benzene rings is 2. The van der Waals surface area contributed by atoms with Crippen molar-refractivity contribution >= 4 is 21.4 Å². The van der Waals surface area contributed by atoms with E-state index in [9.17, 15) is 31.5 Å². The zero-order valence-electron chi connectivity index (χ0n) is 21.5. The maximum absolute atomic E-state index is 15.2. The Labute approximate surface area is 224 Å². The highest BCUT2D eigenvalue weighted by Crippen LogP contribution is 2.29. The van der Waals surface area contributed by atoms with E-state index < -0.39 is 46.1 Å². The number of pyridine rings is 1. The van der Waals surface area contributed by atoms with Crippen LogP contribution in [0.1, 0.15) is 54.0 Å². The van der Waals surface area contributed by atoms with Gasteiger partial charge in [-0.05, 0) is 61.4 Å². The average molecular weight is 568 g/mol. The number of nitrogens with one attached hydrogen (secondary N) is 1. The molecule has 2 aromatic carbocycles. The van der Waals surface area contributed by atoms with Crippen LogP contribution in [0.25, 0.3) is 0 Å². The Kier molecular flexibility index (Phi) is 9.34. The molecule has 39 heavy (non-hydrogen) atoms. The van der Waals surface area contributed by atoms with Crippen LogP contribution in [-0.4, -0.2) is 42.8 Å². The Morgan fingerprint density at radius 3 is 2.23 bits per heavy atom. The lowest BCUT2D eigenvalue weighted by Gasteiger charge is -2.29. The lowest BCUT2D eigenvalue weighted by Crippen LogP contribution is -2.32. The Morgan fingerprint density at radius 2 is 1.74 bits per heavy atom. The zero-order chi connectivity index (χ0) is 29.0. The first-order chi connectivity index (χ1) is 18.3. The lowest BCUT2D eigenvalue weighted by molar-refractivity contribution is -0.141. The van der Waals surface area contributed by atoms with Crippen LogP contribution in [0.15, 0.2) is 65.7 Å². The van der Waals surface area contributed by atoms with Crippen molar-refractivity contribution in [1.82, 2.24) is 10.3 Å². The van der Waals surface area contributed by atoms with Crippen LogP contribution < -0.4 is 10.2 Å². The second-order valence-electron chi connectivity index (χ2n) is 9.12. The maximum Gasteiger partial charge on any atom is 0.433 e. The highest BCUT2D eigenvalue weighted by Gasteiger charge is 2.32. The number of alkyl halides is 3. The molecule has 1 amide bonds. The van der Waals surface area contributed by atoms with Gasteiger partial charge in [0, 0.05) is 24.3 Å². The molecular weight excluding hydrogens is 538 g/mol. The fourth-order valence-electron chi connectivity index (χ4n) is 3.86. The summed E-state index contributed by atoms with van der Waals surface area (Å²) in [6, 6.07) is 10.7. The van der Waals surface area contributed by atoms with Gasteiger partial charge in [0.25, 0.3) is 5.91 Å². The number of nitrogens with zero attached hydrogens (tertiary/aromatic N) is 2. The molecule has 1 unspecified atom stereocenters. The predicted molar refractivity (Wildman–Crippen MR) is 138 cm³/mol. The molecule has 0 spiro atoms. The highest BCUT2D eigenvalue weighted by atomic mass is 32.2. The van der Waals surface area contributed by atoms with Crippen LogP contribution >= 0.6 is 0 Å². The summed E-state index contributed by atoms with van der Waals surface area (Å²) in [7, 11) is -3.41. The van der Waals surface area contributed by atoms with Crippen molar-refractivity contribution in [1.29, 1.82) is 0 Å². The Hall–Kier alpha value is -3.51. The van der Waals surface area contributed by atoms with Gasteiger partial charge in [-0.25, -0.2) is 12.8 Å². The number of hydrogen-bond acceptors (Lipinski definition) is 6. The normalized spacial score (nSPS) is 12.8. The number of aliphatic hydroxyl groups is 1. The number of halogens is 4. The number of amides is 1. The fraction of sp³-hybridized carbons (Fsp3) is 0.333. The Morgan fingerprint density at radius 1 is 1.08 bits per heavy atom. The number of rotatable bonds is 10. The van der Waals surface area contributed by atoms with Crippen LogP contribution in [0.3, 0.4) is 0 Å². The van der Waals surface area contributed by atoms with Crippen molar-refractivity contribution < 1.29 is 35.9 Å². The Balaban J connectivity index is 1.77. The van der Waals surface area contributed by atoms with Crippen molar-refractivity contribution in [3.05, 3.63) is 89.0 Å². The molecule has 0 aliphatic rings. The molecule has 1 aromatic heterocycles. The molecular formula is C27H29F4N3O4S. The number of sulfone groups is 1. The second-order valence-corrected chi connectivity index (χ2v) is 11.4. The van der Waals surface area contributed by atoms with Crippen LogP contribution in [-0.2, 0) is 22.6 Å². The van der Waals surface area contributed by atoms with Gasteiger partial charge in [0.15, 0.2) is 9.84 Å². The van der Waals surface area contributed by atoms with Crippen molar-refractivity contribution in [3.63, 3.8) is 0 Å². The average Bonchev–Trinajstić information content (AvgIpc) is 2.90. The summed E-state index contributed by atoms with van der Waals surface area (Å²) in [5.74, 6) is -1.44. The standard InChI is InChI=1S/C27H29F4N3O4S/c1-4-39(37,38)21-9-6-19(7-10-21)23(16-35)33-26(36)20-8-11-24(22(28)13-20)34(17(2)3)15-18-5-12-25(32-14-18)27(29,30)31/h5-14,17,23,35H,4,15-16H2,1-3H3,(H,33,36). The molecule has 1 atom stereocenters. The van der Waals surface area contributed by atoms with Crippen LogP contribution in [0.4, 0.5) is 23.2 Å². The fourth-order valence-corrected chi connectivity index (χ4v) is 4.74. The molecule has 0 saturated carbocycles. The van der Waals surface area contributed by atoms with Crippen molar-refractivity contribution in [2.24, 2.45) is 0 Å². The van der Waals surface area contributed by atoms with E-state index in [0.29, 0.717) is 11.1 Å². The third-order valence-corrected chi connectivity index (χ3v) is 7.87. The number of carbonyl (C=O) groups is 1. The minimum Gasteiger partial charge on any atom is -0.394 e. The topological polar surface area (TPSA) is 99.6 Å². The van der Waals surface area contributed by atoms with E-state index in [2.05, 4.69) is 10.3 Å². The van der Waals surface area contributed by atoms with Gasteiger partial charge < -0.3 is 15.3 Å². The van der Waals surface area contributed by atoms with Gasteiger partial charge in [-0.1, -0.05) is 25.1 Å². The molecule has 3 aromatic rings. The summed E-state index contributed by atoms with van der Waals surface area (Å²) < 4.78 is 77.6. The van der Waals surface area contributed by atoms with E-state index in [1.807, 2.05) is 0 Å². The van der Waals surface area contributed by atoms with Gasteiger partial charge in [0.2, 0.25) is 0 Å². The van der Waals surface area contributed by atoms with Gasteiger partial charge in [-0.3, -0.25) is 9.78 Å². The van der Waals surface area contributed by atoms with E-state index in [0.717, 1.165) is 18.3 Å². The molecule has 0 aliphatic carbocycles. The molecule has 3 rings (SSSR count). The second kappa shape index (κ2) is 12.1. The van der Waals surface area contributed by atoms with E-state index in [-0.39, 0.29) is 34.5 Å². The summed E-state index contributed by atoms with van der Waals surface area (Å²) in [4.78, 5) is 18.0. The molecule has 0 aliphatic heterocycles. The highest BCUT2D eigenvalue weighted by molar-refractivity contribution is 7.91. The molecule has 2 N–H and O–H groups in total. The number of aliphatic hydroxyl groups excluding tert-OH is 1. The predicted octanol–water partition coefficient (Wildman–Crippen LogP) is 4.91. The third kappa shape index (κ3) is 7.33. The molecule has 12 heteroatoms. The van der Waals surface area contributed by atoms with Crippen LogP contribution in [0.2, 0.25) is 0 Å². The minimum absolute atomic E-state index is 0.0141. The summed E-state index contributed by atoms with van der Waals surface area (Å²) in [6.07, 6.45) is -3.47. The number of hydrogen-bond donors (Lipinski definition) is 2. The van der Waals surface area contributed by atoms with Crippen molar-refractivity contribution in [3.8, 4) is 0 Å². The third-order valence-electron chi connectivity index (χ3n) is 6.12. The number of carbonyl (C=O) groups excluding carboxylic acids is 1. The maximum atomic E-state index is 15.2. The first kappa shape index (κ1) is 30.0. The van der Waals surface area contributed by atoms with E-state index in [4.69, 9.17) is 0 Å². The quantitative estimate of drug-likeness (QED) is 0.338.